The molecule has 1 atom stereocenters. The van der Waals surface area contributed by atoms with E-state index in [0.717, 1.165) is 23.9 Å². The standard InChI is InChI=1S/C14H28N2/c1-11(2)10-16(14-6-7-14)9-8-15-12(3)13-4-5-13/h11-15H,4-10H2,1-3H3. The summed E-state index contributed by atoms with van der Waals surface area (Å²) in [5, 5.41) is 3.69. The molecule has 0 aromatic carbocycles. The topological polar surface area (TPSA) is 15.3 Å². The first kappa shape index (κ1) is 12.4. The van der Waals surface area contributed by atoms with Crippen molar-refractivity contribution >= 4 is 0 Å². The van der Waals surface area contributed by atoms with Gasteiger partial charge in [-0.25, -0.2) is 0 Å². The van der Waals surface area contributed by atoms with Crippen molar-refractivity contribution in [2.75, 3.05) is 19.6 Å². The molecule has 0 saturated heterocycles. The first-order chi connectivity index (χ1) is 7.66. The minimum absolute atomic E-state index is 0.750. The van der Waals surface area contributed by atoms with Crippen LogP contribution >= 0.6 is 0 Å². The average Bonchev–Trinajstić information content (AvgIpc) is 3.05. The highest BCUT2D eigenvalue weighted by Crippen LogP contribution is 2.32. The molecule has 16 heavy (non-hydrogen) atoms. The Bertz CT molecular complexity index is 207. The highest BCUT2D eigenvalue weighted by molar-refractivity contribution is 4.87. The molecule has 2 heteroatoms. The fourth-order valence-electron chi connectivity index (χ4n) is 2.53. The van der Waals surface area contributed by atoms with Gasteiger partial charge in [0.05, 0.1) is 0 Å². The van der Waals surface area contributed by atoms with Gasteiger partial charge in [-0.3, -0.25) is 4.90 Å². The Morgan fingerprint density at radius 3 is 2.31 bits per heavy atom. The number of rotatable bonds is 8. The van der Waals surface area contributed by atoms with Gasteiger partial charge in [0.15, 0.2) is 0 Å². The molecule has 0 aromatic heterocycles. The molecule has 0 radical (unpaired) electrons. The molecule has 2 aliphatic carbocycles. The molecule has 0 aromatic rings. The van der Waals surface area contributed by atoms with E-state index in [1.54, 1.807) is 0 Å². The van der Waals surface area contributed by atoms with Gasteiger partial charge in [-0.15, -0.1) is 0 Å². The van der Waals surface area contributed by atoms with Crippen LogP contribution in [-0.2, 0) is 0 Å². The van der Waals surface area contributed by atoms with Crippen molar-refractivity contribution in [3.63, 3.8) is 0 Å². The molecular formula is C14H28N2. The Hall–Kier alpha value is -0.0800. The normalized spacial score (nSPS) is 23.1. The summed E-state index contributed by atoms with van der Waals surface area (Å²) in [5.74, 6) is 1.79. The molecule has 2 saturated carbocycles. The van der Waals surface area contributed by atoms with Gasteiger partial charge in [0.2, 0.25) is 0 Å². The van der Waals surface area contributed by atoms with Gasteiger partial charge in [0.25, 0.3) is 0 Å². The number of nitrogens with zero attached hydrogens (tertiary/aromatic N) is 1. The van der Waals surface area contributed by atoms with Crippen LogP contribution in [0.4, 0.5) is 0 Å². The summed E-state index contributed by atoms with van der Waals surface area (Å²) in [6, 6.07) is 1.67. The highest BCUT2D eigenvalue weighted by atomic mass is 15.2. The molecule has 1 N–H and O–H groups in total. The first-order valence-corrected chi connectivity index (χ1v) is 7.14. The molecule has 0 spiro atoms. The number of hydrogen-bond donors (Lipinski definition) is 1. The predicted molar refractivity (Wildman–Crippen MR) is 69.6 cm³/mol. The van der Waals surface area contributed by atoms with Gasteiger partial charge in [-0.05, 0) is 44.4 Å². The van der Waals surface area contributed by atoms with E-state index in [-0.39, 0.29) is 0 Å². The molecule has 1 unspecified atom stereocenters. The summed E-state index contributed by atoms with van der Waals surface area (Å²) in [7, 11) is 0. The second kappa shape index (κ2) is 5.50. The predicted octanol–water partition coefficient (Wildman–Crippen LogP) is 2.49. The van der Waals surface area contributed by atoms with E-state index < -0.39 is 0 Å². The van der Waals surface area contributed by atoms with Crippen LogP contribution in [0.25, 0.3) is 0 Å². The molecule has 0 aliphatic heterocycles. The van der Waals surface area contributed by atoms with E-state index in [4.69, 9.17) is 0 Å². The molecule has 0 bridgehead atoms. The minimum atomic E-state index is 0.750. The lowest BCUT2D eigenvalue weighted by Gasteiger charge is -2.25. The van der Waals surface area contributed by atoms with Gasteiger partial charge in [0, 0.05) is 31.7 Å². The number of nitrogens with one attached hydrogen (secondary N) is 1. The van der Waals surface area contributed by atoms with E-state index in [9.17, 15) is 0 Å². The molecule has 2 nitrogen and oxygen atoms in total. The average molecular weight is 224 g/mol. The molecule has 2 fully saturated rings. The lowest BCUT2D eigenvalue weighted by atomic mass is 10.2. The maximum absolute atomic E-state index is 3.69. The lowest BCUT2D eigenvalue weighted by Crippen LogP contribution is -2.39. The van der Waals surface area contributed by atoms with Gasteiger partial charge in [0.1, 0.15) is 0 Å². The van der Waals surface area contributed by atoms with Crippen molar-refractivity contribution in [3.05, 3.63) is 0 Å². The quantitative estimate of drug-likeness (QED) is 0.681. The van der Waals surface area contributed by atoms with Crippen molar-refractivity contribution < 1.29 is 0 Å². The van der Waals surface area contributed by atoms with Crippen LogP contribution in [0, 0.1) is 11.8 Å². The summed E-state index contributed by atoms with van der Waals surface area (Å²) >= 11 is 0. The summed E-state index contributed by atoms with van der Waals surface area (Å²) in [6.07, 6.45) is 5.77. The third-order valence-electron chi connectivity index (χ3n) is 3.86. The van der Waals surface area contributed by atoms with E-state index in [2.05, 4.69) is 31.0 Å². The monoisotopic (exact) mass is 224 g/mol. The summed E-state index contributed by atoms with van der Waals surface area (Å²) in [6.45, 7) is 10.7. The van der Waals surface area contributed by atoms with Crippen LogP contribution < -0.4 is 5.32 Å². The Morgan fingerprint density at radius 2 is 1.81 bits per heavy atom. The molecule has 0 amide bonds. The molecule has 94 valence electrons. The second-order valence-electron chi connectivity index (χ2n) is 6.20. The van der Waals surface area contributed by atoms with E-state index >= 15 is 0 Å². The summed E-state index contributed by atoms with van der Waals surface area (Å²) < 4.78 is 0. The first-order valence-electron chi connectivity index (χ1n) is 7.14. The van der Waals surface area contributed by atoms with Gasteiger partial charge in [-0.2, -0.15) is 0 Å². The van der Waals surface area contributed by atoms with Crippen LogP contribution in [0.5, 0.6) is 0 Å². The lowest BCUT2D eigenvalue weighted by molar-refractivity contribution is 0.231. The smallest absolute Gasteiger partial charge is 0.0110 e. The van der Waals surface area contributed by atoms with Crippen LogP contribution in [0.3, 0.4) is 0 Å². The Labute approximate surface area is 101 Å². The molecule has 2 aliphatic rings. The van der Waals surface area contributed by atoms with E-state index in [0.29, 0.717) is 0 Å². The zero-order chi connectivity index (χ0) is 11.5. The van der Waals surface area contributed by atoms with Crippen LogP contribution in [0.2, 0.25) is 0 Å². The largest absolute Gasteiger partial charge is 0.313 e. The van der Waals surface area contributed by atoms with E-state index in [1.807, 2.05) is 0 Å². The minimum Gasteiger partial charge on any atom is -0.313 e. The zero-order valence-corrected chi connectivity index (χ0v) is 11.2. The Morgan fingerprint density at radius 1 is 1.12 bits per heavy atom. The molecular weight excluding hydrogens is 196 g/mol. The Balaban J connectivity index is 1.61. The van der Waals surface area contributed by atoms with Crippen LogP contribution in [0.1, 0.15) is 46.5 Å². The van der Waals surface area contributed by atoms with Crippen molar-refractivity contribution in [2.24, 2.45) is 11.8 Å². The highest BCUT2D eigenvalue weighted by Gasteiger charge is 2.30. The zero-order valence-electron chi connectivity index (χ0n) is 11.2. The van der Waals surface area contributed by atoms with Gasteiger partial charge < -0.3 is 5.32 Å². The van der Waals surface area contributed by atoms with Crippen LogP contribution in [0.15, 0.2) is 0 Å². The molecule has 0 heterocycles. The SMILES string of the molecule is CC(C)CN(CCNC(C)C1CC1)C1CC1. The third kappa shape index (κ3) is 4.06. The van der Waals surface area contributed by atoms with Crippen molar-refractivity contribution in [1.29, 1.82) is 0 Å². The van der Waals surface area contributed by atoms with Gasteiger partial charge in [-0.1, -0.05) is 13.8 Å². The third-order valence-corrected chi connectivity index (χ3v) is 3.86. The second-order valence-corrected chi connectivity index (χ2v) is 6.20. The fraction of sp³-hybridized carbons (Fsp3) is 1.00. The maximum Gasteiger partial charge on any atom is 0.0110 e. The van der Waals surface area contributed by atoms with Crippen molar-refractivity contribution in [3.8, 4) is 0 Å². The number of hydrogen-bond acceptors (Lipinski definition) is 2. The Kier molecular flexibility index (Phi) is 4.26. The summed E-state index contributed by atoms with van der Waals surface area (Å²) in [5.41, 5.74) is 0. The summed E-state index contributed by atoms with van der Waals surface area (Å²) in [4.78, 5) is 2.69. The maximum atomic E-state index is 3.69. The van der Waals surface area contributed by atoms with Crippen molar-refractivity contribution in [2.45, 2.75) is 58.5 Å². The van der Waals surface area contributed by atoms with Crippen molar-refractivity contribution in [1.82, 2.24) is 10.2 Å². The van der Waals surface area contributed by atoms with Crippen LogP contribution in [-0.4, -0.2) is 36.6 Å². The molecule has 2 rings (SSSR count). The fourth-order valence-corrected chi connectivity index (χ4v) is 2.53. The van der Waals surface area contributed by atoms with E-state index in [1.165, 1.54) is 45.3 Å². The van der Waals surface area contributed by atoms with Gasteiger partial charge >= 0.3 is 0 Å².